The first kappa shape index (κ1) is 22.1. The number of aliphatic hydroxyl groups excluding tert-OH is 1. The van der Waals surface area contributed by atoms with Crippen LogP contribution in [0.25, 0.3) is 0 Å². The van der Waals surface area contributed by atoms with Crippen LogP contribution in [0.4, 0.5) is 26.3 Å². The number of hydrogen-bond acceptors (Lipinski definition) is 2. The van der Waals surface area contributed by atoms with Gasteiger partial charge in [0, 0.05) is 11.3 Å². The van der Waals surface area contributed by atoms with Crippen molar-refractivity contribution >= 4 is 5.71 Å². The minimum atomic E-state index is -5.03. The van der Waals surface area contributed by atoms with Gasteiger partial charge in [0.2, 0.25) is 0 Å². The summed E-state index contributed by atoms with van der Waals surface area (Å²) in [6.45, 7) is 5.71. The van der Waals surface area contributed by atoms with E-state index in [1.54, 1.807) is 0 Å². The van der Waals surface area contributed by atoms with Gasteiger partial charge in [-0.3, -0.25) is 0 Å². The molecule has 146 valence electrons. The van der Waals surface area contributed by atoms with E-state index in [1.807, 2.05) is 0 Å². The molecule has 0 heterocycles. The summed E-state index contributed by atoms with van der Waals surface area (Å²) in [5.74, 6) is -0.523. The molecule has 0 saturated heterocycles. The van der Waals surface area contributed by atoms with E-state index in [4.69, 9.17) is 5.41 Å². The van der Waals surface area contributed by atoms with Crippen molar-refractivity contribution in [1.82, 2.24) is 0 Å². The molecule has 0 saturated carbocycles. The molecule has 0 fully saturated rings. The van der Waals surface area contributed by atoms with Crippen LogP contribution < -0.4 is 0 Å². The molecule has 2 nitrogen and oxygen atoms in total. The fourth-order valence-corrected chi connectivity index (χ4v) is 3.07. The van der Waals surface area contributed by atoms with Crippen molar-refractivity contribution in [2.75, 3.05) is 0 Å². The molecule has 2 N–H and O–H groups in total. The van der Waals surface area contributed by atoms with Gasteiger partial charge in [-0.25, -0.2) is 0 Å². The highest BCUT2D eigenvalue weighted by Gasteiger charge is 2.58. The summed E-state index contributed by atoms with van der Waals surface area (Å²) < 4.78 is 82.5. The first-order valence-electron chi connectivity index (χ1n) is 7.82. The van der Waals surface area contributed by atoms with Gasteiger partial charge in [0.1, 0.15) is 5.41 Å². The molecule has 0 radical (unpaired) electrons. The van der Waals surface area contributed by atoms with E-state index < -0.39 is 40.2 Å². The molecule has 1 atom stereocenters. The van der Waals surface area contributed by atoms with Crippen LogP contribution in [0.5, 0.6) is 0 Å². The van der Waals surface area contributed by atoms with Gasteiger partial charge in [0.25, 0.3) is 0 Å². The Hall–Kier alpha value is -1.99. The molecule has 0 aromatic heterocycles. The Morgan fingerprint density at radius 3 is 1.92 bits per heavy atom. The summed E-state index contributed by atoms with van der Waals surface area (Å²) in [6, 6.07) is 0. The third-order valence-electron chi connectivity index (χ3n) is 4.41. The second-order valence-electron chi connectivity index (χ2n) is 6.45. The Balaban J connectivity index is 4.03. The number of halogens is 6. The second-order valence-corrected chi connectivity index (χ2v) is 6.45. The third-order valence-corrected chi connectivity index (χ3v) is 4.41. The van der Waals surface area contributed by atoms with Gasteiger partial charge in [-0.05, 0) is 51.3 Å². The molecule has 1 unspecified atom stereocenters. The number of rotatable bonds is 3. The summed E-state index contributed by atoms with van der Waals surface area (Å²) in [4.78, 5) is 0. The molecule has 0 amide bonds. The van der Waals surface area contributed by atoms with E-state index >= 15 is 0 Å². The average molecular weight is 381 g/mol. The average Bonchev–Trinajstić information content (AvgIpc) is 2.43. The maximum Gasteiger partial charge on any atom is 0.416 e. The molecule has 8 heteroatoms. The van der Waals surface area contributed by atoms with Gasteiger partial charge < -0.3 is 10.5 Å². The highest BCUT2D eigenvalue weighted by molar-refractivity contribution is 6.01. The summed E-state index contributed by atoms with van der Waals surface area (Å²) in [6.07, 6.45) is -8.77. The van der Waals surface area contributed by atoms with Crippen molar-refractivity contribution in [3.63, 3.8) is 0 Å². The number of alkyl halides is 6. The molecule has 1 aliphatic rings. The molecule has 0 aromatic rings. The molecular weight excluding hydrogens is 360 g/mol. The number of hydrogen-bond donors (Lipinski definition) is 2. The van der Waals surface area contributed by atoms with Crippen molar-refractivity contribution in [1.29, 1.82) is 5.41 Å². The van der Waals surface area contributed by atoms with Crippen LogP contribution in [0.3, 0.4) is 0 Å². The molecule has 26 heavy (non-hydrogen) atoms. The van der Waals surface area contributed by atoms with Crippen LogP contribution in [-0.4, -0.2) is 23.2 Å². The number of nitrogens with one attached hydrogen (secondary N) is 1. The van der Waals surface area contributed by atoms with E-state index in [-0.39, 0.29) is 23.3 Å². The molecule has 0 spiro atoms. The normalized spacial score (nSPS) is 24.6. The Morgan fingerprint density at radius 2 is 1.62 bits per heavy atom. The van der Waals surface area contributed by atoms with Crippen LogP contribution >= 0.6 is 0 Å². The molecule has 0 bridgehead atoms. The lowest BCUT2D eigenvalue weighted by Crippen LogP contribution is -2.40. The third kappa shape index (κ3) is 3.88. The molecule has 1 aliphatic carbocycles. The summed E-state index contributed by atoms with van der Waals surface area (Å²) >= 11 is 0. The zero-order chi connectivity index (χ0) is 20.7. The number of allylic oxidation sites excluding steroid dienone is 8. The standard InChI is InChI=1S/C18H21F6NO/c1-6-9(2)15-13(17(19,20)21)7-12(14(10(3)25)11(4)26)8-16(15,5)18(22,23)24/h7-8,25-26H,6H2,1-5H3/b14-11+,15-9+,25-10?. The summed E-state index contributed by atoms with van der Waals surface area (Å²) in [5, 5.41) is 17.3. The van der Waals surface area contributed by atoms with Crippen molar-refractivity contribution in [2.24, 2.45) is 5.41 Å². The van der Waals surface area contributed by atoms with Gasteiger partial charge in [-0.15, -0.1) is 0 Å². The van der Waals surface area contributed by atoms with Crippen LogP contribution in [0.2, 0.25) is 0 Å². The molecule has 1 rings (SSSR count). The van der Waals surface area contributed by atoms with E-state index in [0.29, 0.717) is 19.1 Å². The van der Waals surface area contributed by atoms with Gasteiger partial charge in [0.05, 0.1) is 11.3 Å². The lowest BCUT2D eigenvalue weighted by molar-refractivity contribution is -0.189. The highest BCUT2D eigenvalue weighted by atomic mass is 19.4. The van der Waals surface area contributed by atoms with Crippen LogP contribution in [-0.2, 0) is 0 Å². The van der Waals surface area contributed by atoms with Crippen LogP contribution in [0.1, 0.15) is 41.0 Å². The van der Waals surface area contributed by atoms with E-state index in [1.165, 1.54) is 20.8 Å². The Kier molecular flexibility index (Phi) is 5.91. The summed E-state index contributed by atoms with van der Waals surface area (Å²) in [5.41, 5.74) is -6.33. The maximum atomic E-state index is 13.9. The molecular formula is C18H21F6NO. The first-order valence-corrected chi connectivity index (χ1v) is 7.82. The Morgan fingerprint density at radius 1 is 1.12 bits per heavy atom. The highest BCUT2D eigenvalue weighted by Crippen LogP contribution is 2.55. The van der Waals surface area contributed by atoms with E-state index in [9.17, 15) is 31.4 Å². The minimum Gasteiger partial charge on any atom is -0.512 e. The number of aliphatic hydroxyl groups is 1. The Labute approximate surface area is 148 Å². The van der Waals surface area contributed by atoms with Crippen molar-refractivity contribution in [3.8, 4) is 0 Å². The predicted octanol–water partition coefficient (Wildman–Crippen LogP) is 6.58. The zero-order valence-electron chi connectivity index (χ0n) is 15.1. The molecule has 0 aliphatic heterocycles. The van der Waals surface area contributed by atoms with Crippen molar-refractivity contribution in [2.45, 2.75) is 53.4 Å². The van der Waals surface area contributed by atoms with Gasteiger partial charge in [-0.2, -0.15) is 26.3 Å². The topological polar surface area (TPSA) is 44.1 Å². The largest absolute Gasteiger partial charge is 0.512 e. The van der Waals surface area contributed by atoms with Crippen molar-refractivity contribution < 1.29 is 31.4 Å². The van der Waals surface area contributed by atoms with Gasteiger partial charge >= 0.3 is 12.4 Å². The summed E-state index contributed by atoms with van der Waals surface area (Å²) in [7, 11) is 0. The van der Waals surface area contributed by atoms with Crippen LogP contribution in [0, 0.1) is 10.8 Å². The van der Waals surface area contributed by atoms with E-state index in [2.05, 4.69) is 0 Å². The monoisotopic (exact) mass is 381 g/mol. The zero-order valence-corrected chi connectivity index (χ0v) is 15.1. The maximum absolute atomic E-state index is 13.9. The van der Waals surface area contributed by atoms with Gasteiger partial charge in [0.15, 0.2) is 0 Å². The predicted molar refractivity (Wildman–Crippen MR) is 88.1 cm³/mol. The quantitative estimate of drug-likeness (QED) is 0.324. The minimum absolute atomic E-state index is 0.0168. The fourth-order valence-electron chi connectivity index (χ4n) is 3.07. The van der Waals surface area contributed by atoms with E-state index in [0.717, 1.165) is 6.92 Å². The smallest absolute Gasteiger partial charge is 0.416 e. The molecule has 0 aromatic carbocycles. The Bertz CT molecular complexity index is 730. The SMILES string of the molecule is CC/C(C)=C1\C(C(F)(F)F)=CC(/C(C(C)=N)=C(\C)O)=CC1(C)C(F)(F)F. The lowest BCUT2D eigenvalue weighted by Gasteiger charge is -2.38. The van der Waals surface area contributed by atoms with Crippen molar-refractivity contribution in [3.05, 3.63) is 45.8 Å². The van der Waals surface area contributed by atoms with Crippen LogP contribution in [0.15, 0.2) is 45.8 Å². The van der Waals surface area contributed by atoms with Gasteiger partial charge in [-0.1, -0.05) is 18.6 Å². The fraction of sp³-hybridized carbons (Fsp3) is 0.500. The lowest BCUT2D eigenvalue weighted by atomic mass is 9.69. The second kappa shape index (κ2) is 6.96. The first-order chi connectivity index (χ1) is 11.6.